The van der Waals surface area contributed by atoms with Crippen LogP contribution in [-0.4, -0.2) is 72.2 Å². The molecular formula is C35H41N3O9. The van der Waals surface area contributed by atoms with Crippen molar-refractivity contribution >= 4 is 29.7 Å². The van der Waals surface area contributed by atoms with Crippen molar-refractivity contribution in [2.24, 2.45) is 0 Å². The van der Waals surface area contributed by atoms with Gasteiger partial charge in [0.15, 0.2) is 6.61 Å². The van der Waals surface area contributed by atoms with Gasteiger partial charge in [-0.15, -0.1) is 0 Å². The molecule has 0 unspecified atom stereocenters. The quantitative estimate of drug-likeness (QED) is 0.122. The van der Waals surface area contributed by atoms with Crippen molar-refractivity contribution < 1.29 is 43.7 Å². The minimum absolute atomic E-state index is 0.0121. The minimum atomic E-state index is -1.35. The smallest absolute Gasteiger partial charge is 0.341 e. The van der Waals surface area contributed by atoms with Crippen LogP contribution in [0.3, 0.4) is 0 Å². The molecule has 0 spiro atoms. The number of carbonyl (C=O) groups excluding carboxylic acids is 3. The van der Waals surface area contributed by atoms with Gasteiger partial charge in [-0.2, -0.15) is 0 Å². The van der Waals surface area contributed by atoms with E-state index in [-0.39, 0.29) is 30.6 Å². The number of carbonyl (C=O) groups is 5. The summed E-state index contributed by atoms with van der Waals surface area (Å²) in [4.78, 5) is 63.1. The second kappa shape index (κ2) is 18.5. The number of aromatic carboxylic acids is 1. The van der Waals surface area contributed by atoms with Gasteiger partial charge in [0, 0.05) is 19.4 Å². The third kappa shape index (κ3) is 12.1. The molecule has 3 amide bonds. The largest absolute Gasteiger partial charge is 0.497 e. The Morgan fingerprint density at radius 3 is 2.06 bits per heavy atom. The maximum Gasteiger partial charge on any atom is 0.341 e. The second-order valence-corrected chi connectivity index (χ2v) is 10.9. The van der Waals surface area contributed by atoms with E-state index in [9.17, 15) is 29.1 Å². The summed E-state index contributed by atoms with van der Waals surface area (Å²) < 4.78 is 10.3. The zero-order chi connectivity index (χ0) is 34.2. The van der Waals surface area contributed by atoms with Gasteiger partial charge < -0.3 is 35.6 Å². The predicted octanol–water partition coefficient (Wildman–Crippen LogP) is 3.16. The lowest BCUT2D eigenvalue weighted by atomic mass is 10.00. The van der Waals surface area contributed by atoms with Crippen LogP contribution in [0.15, 0.2) is 72.8 Å². The number of ether oxygens (including phenoxy) is 2. The number of aliphatic carboxylic acids is 1. The first-order valence-corrected chi connectivity index (χ1v) is 15.3. The van der Waals surface area contributed by atoms with E-state index < -0.39 is 48.4 Å². The minimum Gasteiger partial charge on any atom is -0.497 e. The third-order valence-corrected chi connectivity index (χ3v) is 7.24. The number of nitrogens with one attached hydrogen (secondary N) is 3. The Balaban J connectivity index is 1.84. The van der Waals surface area contributed by atoms with Crippen LogP contribution in [0.1, 0.15) is 53.2 Å². The fourth-order valence-corrected chi connectivity index (χ4v) is 4.80. The molecule has 2 atom stereocenters. The molecule has 0 bridgehead atoms. The third-order valence-electron chi connectivity index (χ3n) is 7.24. The number of hydrogen-bond acceptors (Lipinski definition) is 7. The Hall–Kier alpha value is -5.39. The molecule has 0 heterocycles. The van der Waals surface area contributed by atoms with Gasteiger partial charge in [-0.05, 0) is 47.4 Å². The molecule has 0 fully saturated rings. The van der Waals surface area contributed by atoms with Crippen molar-refractivity contribution in [3.05, 3.63) is 95.1 Å². The number of carboxylic acids is 2. The average molecular weight is 648 g/mol. The number of hydrogen-bond donors (Lipinski definition) is 5. The molecular weight excluding hydrogens is 606 g/mol. The number of methoxy groups -OCH3 is 1. The molecule has 0 aromatic heterocycles. The summed E-state index contributed by atoms with van der Waals surface area (Å²) in [5, 5.41) is 27.1. The highest BCUT2D eigenvalue weighted by molar-refractivity contribution is 5.93. The first-order valence-electron chi connectivity index (χ1n) is 15.3. The number of rotatable bonds is 19. The van der Waals surface area contributed by atoms with Crippen LogP contribution < -0.4 is 25.4 Å². The summed E-state index contributed by atoms with van der Waals surface area (Å²) >= 11 is 0. The van der Waals surface area contributed by atoms with Crippen molar-refractivity contribution in [2.75, 3.05) is 20.3 Å². The molecule has 250 valence electrons. The van der Waals surface area contributed by atoms with Gasteiger partial charge in [0.1, 0.15) is 29.1 Å². The molecule has 3 rings (SSSR count). The molecule has 0 saturated carbocycles. The van der Waals surface area contributed by atoms with E-state index >= 15 is 0 Å². The Kier molecular flexibility index (Phi) is 14.2. The summed E-state index contributed by atoms with van der Waals surface area (Å²) in [5.41, 5.74) is 1.62. The summed E-state index contributed by atoms with van der Waals surface area (Å²) in [5.74, 6) is -3.57. The van der Waals surface area contributed by atoms with Crippen molar-refractivity contribution in [2.45, 2.75) is 57.5 Å². The molecule has 3 aromatic rings. The molecule has 47 heavy (non-hydrogen) atoms. The molecule has 3 aromatic carbocycles. The number of amides is 3. The van der Waals surface area contributed by atoms with Crippen molar-refractivity contribution in [3.63, 3.8) is 0 Å². The Bertz CT molecular complexity index is 1510. The lowest BCUT2D eigenvalue weighted by Crippen LogP contribution is -2.55. The van der Waals surface area contributed by atoms with Crippen LogP contribution in [0.25, 0.3) is 0 Å². The highest BCUT2D eigenvalue weighted by Gasteiger charge is 2.28. The summed E-state index contributed by atoms with van der Waals surface area (Å²) in [7, 11) is 1.55. The van der Waals surface area contributed by atoms with Gasteiger partial charge in [-0.25, -0.2) is 9.59 Å². The van der Waals surface area contributed by atoms with Crippen molar-refractivity contribution in [1.82, 2.24) is 16.0 Å². The average Bonchev–Trinajstić information content (AvgIpc) is 3.06. The van der Waals surface area contributed by atoms with Crippen molar-refractivity contribution in [3.8, 4) is 11.5 Å². The monoisotopic (exact) mass is 647 g/mol. The first-order chi connectivity index (χ1) is 22.6. The Labute approximate surface area is 273 Å². The van der Waals surface area contributed by atoms with E-state index in [4.69, 9.17) is 14.6 Å². The molecule has 0 radical (unpaired) electrons. The van der Waals surface area contributed by atoms with Gasteiger partial charge in [-0.3, -0.25) is 14.4 Å². The lowest BCUT2D eigenvalue weighted by molar-refractivity contribution is -0.139. The molecule has 0 aliphatic carbocycles. The topological polar surface area (TPSA) is 180 Å². The first kappa shape index (κ1) is 36.1. The maximum atomic E-state index is 13.8. The van der Waals surface area contributed by atoms with E-state index in [0.29, 0.717) is 17.9 Å². The summed E-state index contributed by atoms with van der Waals surface area (Å²) in [6.07, 6.45) is 2.67. The van der Waals surface area contributed by atoms with E-state index in [1.165, 1.54) is 18.2 Å². The van der Waals surface area contributed by atoms with Crippen LogP contribution in [0.2, 0.25) is 0 Å². The number of carboxylic acid groups (broad SMARTS) is 2. The zero-order valence-corrected chi connectivity index (χ0v) is 26.5. The molecule has 12 heteroatoms. The fourth-order valence-electron chi connectivity index (χ4n) is 4.80. The predicted molar refractivity (Wildman–Crippen MR) is 173 cm³/mol. The van der Waals surface area contributed by atoms with Gasteiger partial charge >= 0.3 is 11.9 Å². The van der Waals surface area contributed by atoms with Crippen molar-refractivity contribution in [1.29, 1.82) is 0 Å². The SMILES string of the molecule is CCCCCNC(=O)[C@H](Cc1ccc(OCC(=O)O)c(C(=O)O)c1)NC(=O)[C@H](Cc1ccccc1)NC(=O)Cc1ccc(OC)cc1. The molecule has 12 nitrogen and oxygen atoms in total. The van der Waals surface area contributed by atoms with Crippen LogP contribution in [0, 0.1) is 0 Å². The standard InChI is InChI=1S/C35H41N3O9/c1-3-4-8-17-36-33(42)28(20-25-13-16-30(47-22-32(40)41)27(18-25)35(44)45)38-34(43)29(19-23-9-6-5-7-10-23)37-31(39)21-24-11-14-26(46-2)15-12-24/h5-7,9-16,18,28-29H,3-4,8,17,19-22H2,1-2H3,(H,36,42)(H,37,39)(H,38,43)(H,40,41)(H,44,45)/t28-,29-/m0/s1. The highest BCUT2D eigenvalue weighted by atomic mass is 16.5. The second-order valence-electron chi connectivity index (χ2n) is 10.9. The van der Waals surface area contributed by atoms with Crippen LogP contribution >= 0.6 is 0 Å². The van der Waals surface area contributed by atoms with Gasteiger partial charge in [0.25, 0.3) is 0 Å². The Morgan fingerprint density at radius 1 is 0.766 bits per heavy atom. The highest BCUT2D eigenvalue weighted by Crippen LogP contribution is 2.22. The zero-order valence-electron chi connectivity index (χ0n) is 26.5. The molecule has 0 aliphatic heterocycles. The fraction of sp³-hybridized carbons (Fsp3) is 0.343. The maximum absolute atomic E-state index is 13.8. The normalized spacial score (nSPS) is 11.9. The van der Waals surface area contributed by atoms with Gasteiger partial charge in [-0.1, -0.05) is 68.3 Å². The van der Waals surface area contributed by atoms with Gasteiger partial charge in [0.2, 0.25) is 17.7 Å². The van der Waals surface area contributed by atoms with E-state index in [2.05, 4.69) is 16.0 Å². The number of benzene rings is 3. The molecule has 0 aliphatic rings. The molecule has 5 N–H and O–H groups in total. The van der Waals surface area contributed by atoms with Crippen LogP contribution in [-0.2, 0) is 38.4 Å². The number of unbranched alkanes of at least 4 members (excludes halogenated alkanes) is 2. The van der Waals surface area contributed by atoms with E-state index in [0.717, 1.165) is 30.4 Å². The van der Waals surface area contributed by atoms with E-state index in [1.54, 1.807) is 31.4 Å². The van der Waals surface area contributed by atoms with Crippen LogP contribution in [0.5, 0.6) is 11.5 Å². The molecule has 0 saturated heterocycles. The summed E-state index contributed by atoms with van der Waals surface area (Å²) in [6.45, 7) is 1.68. The van der Waals surface area contributed by atoms with E-state index in [1.807, 2.05) is 37.3 Å². The van der Waals surface area contributed by atoms with Gasteiger partial charge in [0.05, 0.1) is 13.5 Å². The Morgan fingerprint density at radius 2 is 1.43 bits per heavy atom. The van der Waals surface area contributed by atoms with Crippen LogP contribution in [0.4, 0.5) is 0 Å². The summed E-state index contributed by atoms with van der Waals surface area (Å²) in [6, 6.07) is 18.1. The lowest BCUT2D eigenvalue weighted by Gasteiger charge is -2.24.